The van der Waals surface area contributed by atoms with Crippen molar-refractivity contribution in [2.75, 3.05) is 10.6 Å². The number of halogens is 1. The fourth-order valence-corrected chi connectivity index (χ4v) is 3.64. The van der Waals surface area contributed by atoms with Crippen molar-refractivity contribution >= 4 is 29.2 Å². The maximum Gasteiger partial charge on any atom is 0.412 e. The molecule has 4 aromatic rings. The minimum atomic E-state index is -0.740. The van der Waals surface area contributed by atoms with Gasteiger partial charge in [0.2, 0.25) is 5.91 Å². The summed E-state index contributed by atoms with van der Waals surface area (Å²) in [5, 5.41) is 5.30. The smallest absolute Gasteiger partial charge is 0.412 e. The molecule has 0 saturated carbocycles. The fraction of sp³-hybridized carbons (Fsp3) is 0.161. The topological polar surface area (TPSA) is 102 Å². The summed E-state index contributed by atoms with van der Waals surface area (Å²) in [6.07, 6.45) is 3.82. The van der Waals surface area contributed by atoms with Crippen LogP contribution in [0.2, 0.25) is 0 Å². The Morgan fingerprint density at radius 2 is 1.75 bits per heavy atom. The number of rotatable bonds is 6. The van der Waals surface area contributed by atoms with Crippen LogP contribution >= 0.6 is 0 Å². The summed E-state index contributed by atoms with van der Waals surface area (Å²) in [5.41, 5.74) is 1.47. The van der Waals surface area contributed by atoms with Gasteiger partial charge in [-0.15, -0.1) is 0 Å². The van der Waals surface area contributed by atoms with Crippen LogP contribution in [0.3, 0.4) is 0 Å². The molecule has 0 bridgehead atoms. The number of ketones is 1. The average molecular weight is 539 g/mol. The van der Waals surface area contributed by atoms with E-state index < -0.39 is 35.6 Å². The van der Waals surface area contributed by atoms with Gasteiger partial charge in [-0.25, -0.2) is 14.2 Å². The zero-order valence-electron chi connectivity index (χ0n) is 22.2. The van der Waals surface area contributed by atoms with E-state index in [1.165, 1.54) is 12.1 Å². The van der Waals surface area contributed by atoms with E-state index in [0.717, 1.165) is 5.69 Å². The number of hydrogen-bond acceptors (Lipinski definition) is 5. The largest absolute Gasteiger partial charge is 0.444 e. The van der Waals surface area contributed by atoms with Gasteiger partial charge in [0.25, 0.3) is 0 Å². The molecule has 9 heteroatoms. The summed E-state index contributed by atoms with van der Waals surface area (Å²) in [6, 6.07) is 17.6. The second-order valence-corrected chi connectivity index (χ2v) is 9.79. The normalized spacial score (nSPS) is 10.7. The summed E-state index contributed by atoms with van der Waals surface area (Å²) in [6.45, 7) is 5.18. The summed E-state index contributed by atoms with van der Waals surface area (Å²) >= 11 is 0. The van der Waals surface area contributed by atoms with Gasteiger partial charge in [-0.1, -0.05) is 36.1 Å². The lowest BCUT2D eigenvalue weighted by molar-refractivity contribution is -0.115. The Balaban J connectivity index is 1.55. The van der Waals surface area contributed by atoms with Crippen LogP contribution in [0.25, 0.3) is 5.69 Å². The molecule has 202 valence electrons. The van der Waals surface area contributed by atoms with E-state index in [1.54, 1.807) is 92.6 Å². The van der Waals surface area contributed by atoms with Gasteiger partial charge in [-0.3, -0.25) is 14.9 Å². The SMILES string of the molecule is CC(C)(C)OC(=O)Nc1ccc(C#Cc2ccccc2F)cc1NC(=O)CC(=O)c1cccc(-n2ccnc2)c1. The van der Waals surface area contributed by atoms with Crippen molar-refractivity contribution < 1.29 is 23.5 Å². The number of nitrogens with one attached hydrogen (secondary N) is 2. The molecule has 0 aliphatic carbocycles. The van der Waals surface area contributed by atoms with Crippen LogP contribution in [0.15, 0.2) is 85.5 Å². The Morgan fingerprint density at radius 3 is 2.48 bits per heavy atom. The quantitative estimate of drug-likeness (QED) is 0.179. The molecule has 2 amide bonds. The lowest BCUT2D eigenvalue weighted by Gasteiger charge is -2.20. The Labute approximate surface area is 231 Å². The predicted octanol–water partition coefficient (Wildman–Crippen LogP) is 5.97. The molecule has 0 spiro atoms. The van der Waals surface area contributed by atoms with Crippen molar-refractivity contribution in [3.8, 4) is 17.5 Å². The molecule has 0 unspecified atom stereocenters. The second-order valence-electron chi connectivity index (χ2n) is 9.79. The van der Waals surface area contributed by atoms with Gasteiger partial charge in [-0.2, -0.15) is 0 Å². The highest BCUT2D eigenvalue weighted by Crippen LogP contribution is 2.25. The van der Waals surface area contributed by atoms with Gasteiger partial charge in [-0.05, 0) is 63.2 Å². The number of benzene rings is 3. The van der Waals surface area contributed by atoms with Crippen molar-refractivity contribution in [1.82, 2.24) is 9.55 Å². The van der Waals surface area contributed by atoms with Gasteiger partial charge in [0.15, 0.2) is 5.78 Å². The van der Waals surface area contributed by atoms with E-state index in [4.69, 9.17) is 4.74 Å². The van der Waals surface area contributed by atoms with E-state index in [1.807, 2.05) is 6.07 Å². The molecule has 1 heterocycles. The van der Waals surface area contributed by atoms with Gasteiger partial charge in [0.1, 0.15) is 11.4 Å². The van der Waals surface area contributed by atoms with E-state index in [-0.39, 0.29) is 16.9 Å². The number of aromatic nitrogens is 2. The molecular weight excluding hydrogens is 511 g/mol. The molecule has 0 aliphatic heterocycles. The molecule has 1 aromatic heterocycles. The predicted molar refractivity (Wildman–Crippen MR) is 150 cm³/mol. The van der Waals surface area contributed by atoms with Crippen LogP contribution in [0.5, 0.6) is 0 Å². The third-order valence-corrected chi connectivity index (χ3v) is 5.44. The molecular formula is C31H27FN4O4. The highest BCUT2D eigenvalue weighted by Gasteiger charge is 2.19. The molecule has 2 N–H and O–H groups in total. The number of nitrogens with zero attached hydrogens (tertiary/aromatic N) is 2. The molecule has 8 nitrogen and oxygen atoms in total. The molecule has 0 saturated heterocycles. The van der Waals surface area contributed by atoms with Gasteiger partial charge in [0.05, 0.1) is 29.7 Å². The summed E-state index contributed by atoms with van der Waals surface area (Å²) < 4.78 is 21.1. The second kappa shape index (κ2) is 12.1. The number of imidazole rings is 1. The van der Waals surface area contributed by atoms with Gasteiger partial charge in [0, 0.05) is 29.2 Å². The van der Waals surface area contributed by atoms with Crippen LogP contribution in [-0.4, -0.2) is 32.9 Å². The molecule has 4 rings (SSSR count). The fourth-order valence-electron chi connectivity index (χ4n) is 3.64. The maximum absolute atomic E-state index is 14.0. The van der Waals surface area contributed by atoms with Crippen molar-refractivity contribution in [1.29, 1.82) is 0 Å². The third-order valence-electron chi connectivity index (χ3n) is 5.44. The van der Waals surface area contributed by atoms with Gasteiger partial charge < -0.3 is 14.6 Å². The van der Waals surface area contributed by atoms with Crippen molar-refractivity contribution in [2.24, 2.45) is 0 Å². The number of Topliss-reactive ketones (excluding diaryl/α,β-unsaturated/α-hetero) is 1. The average Bonchev–Trinajstić information content (AvgIpc) is 3.44. The molecule has 40 heavy (non-hydrogen) atoms. The first-order chi connectivity index (χ1) is 19.1. The minimum absolute atomic E-state index is 0.205. The standard InChI is InChI=1S/C31H27FN4O4/c1-31(2,3)40-30(39)35-26-14-12-21(11-13-22-7-4-5-10-25(22)32)17-27(26)34-29(38)19-28(37)23-8-6-9-24(18-23)36-16-15-33-20-36/h4-10,12,14-18,20H,19H2,1-3H3,(H,34,38)(H,35,39). The Kier molecular flexibility index (Phi) is 8.40. The highest BCUT2D eigenvalue weighted by molar-refractivity contribution is 6.12. The summed E-state index contributed by atoms with van der Waals surface area (Å²) in [7, 11) is 0. The lowest BCUT2D eigenvalue weighted by Crippen LogP contribution is -2.27. The van der Waals surface area contributed by atoms with Crippen LogP contribution in [-0.2, 0) is 9.53 Å². The number of amides is 2. The molecule has 0 aliphatic rings. The van der Waals surface area contributed by atoms with Crippen LogP contribution < -0.4 is 10.6 Å². The first-order valence-corrected chi connectivity index (χ1v) is 12.4. The Hall–Kier alpha value is -5.23. The first kappa shape index (κ1) is 27.8. The van der Waals surface area contributed by atoms with Crippen LogP contribution in [0, 0.1) is 17.7 Å². The number of carbonyl (C=O) groups excluding carboxylic acids is 3. The third kappa shape index (κ3) is 7.65. The van der Waals surface area contributed by atoms with E-state index in [9.17, 15) is 18.8 Å². The molecule has 0 atom stereocenters. The first-order valence-electron chi connectivity index (χ1n) is 12.4. The molecule has 0 radical (unpaired) electrons. The molecule has 0 fully saturated rings. The number of hydrogen-bond donors (Lipinski definition) is 2. The Morgan fingerprint density at radius 1 is 0.950 bits per heavy atom. The van der Waals surface area contributed by atoms with Crippen molar-refractivity contribution in [2.45, 2.75) is 32.8 Å². The summed E-state index contributed by atoms with van der Waals surface area (Å²) in [5.74, 6) is 4.18. The van der Waals surface area contributed by atoms with E-state index in [2.05, 4.69) is 27.5 Å². The number of ether oxygens (including phenoxy) is 1. The van der Waals surface area contributed by atoms with Crippen molar-refractivity contribution in [3.63, 3.8) is 0 Å². The summed E-state index contributed by atoms with van der Waals surface area (Å²) in [4.78, 5) is 42.3. The van der Waals surface area contributed by atoms with Crippen molar-refractivity contribution in [3.05, 3.63) is 108 Å². The highest BCUT2D eigenvalue weighted by atomic mass is 19.1. The Bertz CT molecular complexity index is 1610. The minimum Gasteiger partial charge on any atom is -0.444 e. The monoisotopic (exact) mass is 538 g/mol. The zero-order chi connectivity index (χ0) is 28.7. The number of carbonyl (C=O) groups is 3. The van der Waals surface area contributed by atoms with Crippen LogP contribution in [0.1, 0.15) is 48.7 Å². The van der Waals surface area contributed by atoms with E-state index >= 15 is 0 Å². The maximum atomic E-state index is 14.0. The number of anilines is 2. The van der Waals surface area contributed by atoms with E-state index in [0.29, 0.717) is 11.1 Å². The molecule has 3 aromatic carbocycles. The van der Waals surface area contributed by atoms with Gasteiger partial charge >= 0.3 is 6.09 Å². The lowest BCUT2D eigenvalue weighted by atomic mass is 10.1. The zero-order valence-corrected chi connectivity index (χ0v) is 22.2. The van der Waals surface area contributed by atoms with Crippen LogP contribution in [0.4, 0.5) is 20.6 Å².